The highest BCUT2D eigenvalue weighted by atomic mass is 32.2. The fraction of sp³-hybridized carbons (Fsp3) is 0.737. The van der Waals surface area contributed by atoms with E-state index >= 15 is 0 Å². The zero-order valence-corrected chi connectivity index (χ0v) is 15.4. The minimum atomic E-state index is 0.0253. The van der Waals surface area contributed by atoms with E-state index in [0.29, 0.717) is 5.78 Å². The number of aryl methyl sites for hydroxylation is 2. The Morgan fingerprint density at radius 3 is 2.57 bits per heavy atom. The van der Waals surface area contributed by atoms with Crippen LogP contribution in [-0.4, -0.2) is 21.0 Å². The topological polar surface area (TPSA) is 42.9 Å². The summed E-state index contributed by atoms with van der Waals surface area (Å²) in [7, 11) is 0. The number of Topliss-reactive ketones (excluding diaryl/α,β-unsaturated/α-hetero) is 1. The third-order valence-corrected chi connectivity index (χ3v) is 8.45. The van der Waals surface area contributed by atoms with Gasteiger partial charge in [0.2, 0.25) is 0 Å². The second kappa shape index (κ2) is 5.05. The van der Waals surface area contributed by atoms with Crippen LogP contribution >= 0.6 is 11.8 Å². The SMILES string of the molecule is Cc1nc(SC2C(=O)C3CCC2(C)C3(C)C)nc2c1CCCC2. The van der Waals surface area contributed by atoms with Crippen LogP contribution in [0, 0.1) is 23.7 Å². The lowest BCUT2D eigenvalue weighted by Gasteiger charge is -2.37. The van der Waals surface area contributed by atoms with E-state index in [4.69, 9.17) is 9.97 Å². The second-order valence-corrected chi connectivity index (χ2v) is 9.43. The molecular weight excluding hydrogens is 304 g/mol. The fourth-order valence-corrected chi connectivity index (χ4v) is 6.61. The molecule has 124 valence electrons. The van der Waals surface area contributed by atoms with Gasteiger partial charge in [-0.25, -0.2) is 9.97 Å². The van der Waals surface area contributed by atoms with Crippen molar-refractivity contribution in [3.8, 4) is 0 Å². The van der Waals surface area contributed by atoms with Crippen molar-refractivity contribution in [1.82, 2.24) is 9.97 Å². The van der Waals surface area contributed by atoms with Gasteiger partial charge in [-0.05, 0) is 61.8 Å². The molecule has 0 N–H and O–H groups in total. The Bertz CT molecular complexity index is 684. The Morgan fingerprint density at radius 2 is 1.87 bits per heavy atom. The quantitative estimate of drug-likeness (QED) is 0.764. The molecule has 0 saturated heterocycles. The highest BCUT2D eigenvalue weighted by molar-refractivity contribution is 8.00. The zero-order chi connectivity index (χ0) is 16.4. The maximum Gasteiger partial charge on any atom is 0.188 e. The van der Waals surface area contributed by atoms with Gasteiger partial charge in [0.15, 0.2) is 5.16 Å². The summed E-state index contributed by atoms with van der Waals surface area (Å²) in [5.74, 6) is 0.663. The first kappa shape index (κ1) is 15.6. The molecule has 23 heavy (non-hydrogen) atoms. The van der Waals surface area contributed by atoms with Gasteiger partial charge in [-0.1, -0.05) is 32.5 Å². The first-order valence-corrected chi connectivity index (χ1v) is 9.79. The van der Waals surface area contributed by atoms with Gasteiger partial charge in [0.1, 0.15) is 5.78 Å². The Kier molecular flexibility index (Phi) is 3.43. The molecule has 3 atom stereocenters. The Labute approximate surface area is 143 Å². The summed E-state index contributed by atoms with van der Waals surface area (Å²) in [6.45, 7) is 8.97. The molecule has 2 saturated carbocycles. The van der Waals surface area contributed by atoms with Crippen LogP contribution < -0.4 is 0 Å². The van der Waals surface area contributed by atoms with Gasteiger partial charge >= 0.3 is 0 Å². The largest absolute Gasteiger partial charge is 0.298 e. The van der Waals surface area contributed by atoms with E-state index in [1.54, 1.807) is 11.8 Å². The maximum atomic E-state index is 12.9. The predicted molar refractivity (Wildman–Crippen MR) is 92.7 cm³/mol. The molecule has 0 amide bonds. The van der Waals surface area contributed by atoms with Crippen molar-refractivity contribution < 1.29 is 4.79 Å². The van der Waals surface area contributed by atoms with Crippen molar-refractivity contribution in [3.05, 3.63) is 17.0 Å². The number of ketones is 1. The number of fused-ring (bicyclic) bond motifs is 3. The molecular formula is C19H26N2OS. The van der Waals surface area contributed by atoms with E-state index in [9.17, 15) is 4.79 Å². The Morgan fingerprint density at radius 1 is 1.13 bits per heavy atom. The van der Waals surface area contributed by atoms with E-state index in [1.165, 1.54) is 24.1 Å². The molecule has 3 nitrogen and oxygen atoms in total. The average Bonchev–Trinajstić information content (AvgIpc) is 2.81. The fourth-order valence-electron chi connectivity index (χ4n) is 5.09. The van der Waals surface area contributed by atoms with E-state index in [0.717, 1.165) is 36.5 Å². The van der Waals surface area contributed by atoms with E-state index in [2.05, 4.69) is 27.7 Å². The van der Waals surface area contributed by atoms with Crippen molar-refractivity contribution in [2.45, 2.75) is 76.6 Å². The number of hydrogen-bond acceptors (Lipinski definition) is 4. The number of aromatic nitrogens is 2. The van der Waals surface area contributed by atoms with Gasteiger partial charge in [-0.15, -0.1) is 0 Å². The molecule has 1 aromatic rings. The van der Waals surface area contributed by atoms with Gasteiger partial charge in [0.25, 0.3) is 0 Å². The van der Waals surface area contributed by atoms with Gasteiger partial charge in [-0.3, -0.25) is 4.79 Å². The number of thioether (sulfide) groups is 1. The lowest BCUT2D eigenvalue weighted by Crippen LogP contribution is -2.35. The number of carbonyl (C=O) groups is 1. The monoisotopic (exact) mass is 330 g/mol. The minimum Gasteiger partial charge on any atom is -0.298 e. The number of nitrogens with zero attached hydrogens (tertiary/aromatic N) is 2. The molecule has 2 bridgehead atoms. The number of carbonyl (C=O) groups excluding carboxylic acids is 1. The molecule has 4 rings (SSSR count). The third-order valence-electron chi connectivity index (χ3n) is 7.07. The van der Waals surface area contributed by atoms with Crippen LogP contribution in [0.25, 0.3) is 0 Å². The van der Waals surface area contributed by atoms with Gasteiger partial charge < -0.3 is 0 Å². The van der Waals surface area contributed by atoms with Crippen LogP contribution in [0.1, 0.15) is 63.4 Å². The van der Waals surface area contributed by atoms with Crippen molar-refractivity contribution in [2.24, 2.45) is 16.7 Å². The minimum absolute atomic E-state index is 0.0253. The smallest absolute Gasteiger partial charge is 0.188 e. The highest BCUT2D eigenvalue weighted by Crippen LogP contribution is 2.67. The van der Waals surface area contributed by atoms with Crippen LogP contribution in [0.5, 0.6) is 0 Å². The van der Waals surface area contributed by atoms with Crippen LogP contribution in [0.4, 0.5) is 0 Å². The van der Waals surface area contributed by atoms with Crippen LogP contribution in [0.3, 0.4) is 0 Å². The third kappa shape index (κ3) is 2.06. The van der Waals surface area contributed by atoms with Gasteiger partial charge in [0, 0.05) is 17.3 Å². The van der Waals surface area contributed by atoms with Gasteiger partial charge in [0.05, 0.1) is 5.25 Å². The van der Waals surface area contributed by atoms with Crippen LogP contribution in [-0.2, 0) is 17.6 Å². The first-order valence-electron chi connectivity index (χ1n) is 8.91. The standard InChI is InChI=1S/C19H26N2OS/c1-11-12-7-5-6-8-14(12)21-17(20-11)23-16-15(22)13-9-10-19(16,4)18(13,2)3/h13,16H,5-10H2,1-4H3. The van der Waals surface area contributed by atoms with E-state index in [1.807, 2.05) is 0 Å². The molecule has 3 unspecified atom stereocenters. The number of rotatable bonds is 2. The average molecular weight is 330 g/mol. The zero-order valence-electron chi connectivity index (χ0n) is 14.6. The molecule has 4 heteroatoms. The van der Waals surface area contributed by atoms with E-state index in [-0.39, 0.29) is 22.0 Å². The summed E-state index contributed by atoms with van der Waals surface area (Å²) in [6, 6.07) is 0. The van der Waals surface area contributed by atoms with Crippen molar-refractivity contribution >= 4 is 17.5 Å². The molecule has 0 aromatic carbocycles. The van der Waals surface area contributed by atoms with Gasteiger partial charge in [-0.2, -0.15) is 0 Å². The molecule has 2 fully saturated rings. The van der Waals surface area contributed by atoms with Crippen LogP contribution in [0.2, 0.25) is 0 Å². The van der Waals surface area contributed by atoms with Crippen molar-refractivity contribution in [1.29, 1.82) is 0 Å². The normalized spacial score (nSPS) is 34.7. The maximum absolute atomic E-state index is 12.9. The lowest BCUT2D eigenvalue weighted by molar-refractivity contribution is -0.122. The van der Waals surface area contributed by atoms with Crippen molar-refractivity contribution in [3.63, 3.8) is 0 Å². The summed E-state index contributed by atoms with van der Waals surface area (Å²) in [5.41, 5.74) is 3.88. The molecule has 1 heterocycles. The summed E-state index contributed by atoms with van der Waals surface area (Å²) >= 11 is 1.64. The highest BCUT2D eigenvalue weighted by Gasteiger charge is 2.66. The molecule has 0 aliphatic heterocycles. The van der Waals surface area contributed by atoms with Crippen molar-refractivity contribution in [2.75, 3.05) is 0 Å². The van der Waals surface area contributed by atoms with Crippen LogP contribution in [0.15, 0.2) is 5.16 Å². The predicted octanol–water partition coefficient (Wildman–Crippen LogP) is 4.15. The second-order valence-electron chi connectivity index (χ2n) is 8.35. The number of hydrogen-bond donors (Lipinski definition) is 0. The van der Waals surface area contributed by atoms with E-state index < -0.39 is 0 Å². The molecule has 0 spiro atoms. The molecule has 3 aliphatic carbocycles. The lowest BCUT2D eigenvalue weighted by atomic mass is 9.71. The molecule has 3 aliphatic rings. The Balaban J connectivity index is 1.67. The summed E-state index contributed by atoms with van der Waals surface area (Å²) in [6.07, 6.45) is 6.86. The summed E-state index contributed by atoms with van der Waals surface area (Å²) < 4.78 is 0. The summed E-state index contributed by atoms with van der Waals surface area (Å²) in [4.78, 5) is 22.5. The first-order chi connectivity index (χ1) is 10.8. The molecule has 0 radical (unpaired) electrons. The summed E-state index contributed by atoms with van der Waals surface area (Å²) in [5, 5.41) is 0.850. The Hall–Kier alpha value is -0.900. The molecule has 1 aromatic heterocycles.